The molecule has 2 unspecified atom stereocenters. The fourth-order valence-electron chi connectivity index (χ4n) is 2.14. The summed E-state index contributed by atoms with van der Waals surface area (Å²) in [6.45, 7) is 2.12. The van der Waals surface area contributed by atoms with Crippen molar-refractivity contribution in [3.63, 3.8) is 0 Å². The molecule has 2 fully saturated rings. The van der Waals surface area contributed by atoms with Crippen LogP contribution < -0.4 is 5.32 Å². The fraction of sp³-hybridized carbons (Fsp3) is 1.00. The van der Waals surface area contributed by atoms with Crippen molar-refractivity contribution in [3.8, 4) is 0 Å². The molecular weight excluding hydrogens is 138 g/mol. The highest BCUT2D eigenvalue weighted by molar-refractivity contribution is 4.75. The third-order valence-electron chi connectivity index (χ3n) is 2.79. The second-order valence-electron chi connectivity index (χ2n) is 3.64. The van der Waals surface area contributed by atoms with E-state index >= 15 is 0 Å². The molecule has 2 nitrogen and oxygen atoms in total. The van der Waals surface area contributed by atoms with Gasteiger partial charge in [0.25, 0.3) is 0 Å². The van der Waals surface area contributed by atoms with Crippen molar-refractivity contribution in [1.82, 2.24) is 5.32 Å². The number of hydrogen-bond acceptors (Lipinski definition) is 2. The van der Waals surface area contributed by atoms with Gasteiger partial charge in [-0.1, -0.05) is 6.42 Å². The quantitative estimate of drug-likeness (QED) is 0.572. The van der Waals surface area contributed by atoms with Crippen LogP contribution in [0.4, 0.5) is 0 Å². The Bertz CT molecular complexity index is 113. The topological polar surface area (TPSA) is 21.3 Å². The average molecular weight is 155 g/mol. The van der Waals surface area contributed by atoms with Gasteiger partial charge in [-0.05, 0) is 38.1 Å². The van der Waals surface area contributed by atoms with Crippen LogP contribution in [0.5, 0.6) is 0 Å². The largest absolute Gasteiger partial charge is 0.363 e. The van der Waals surface area contributed by atoms with Crippen LogP contribution in [0.15, 0.2) is 0 Å². The van der Waals surface area contributed by atoms with Gasteiger partial charge in [-0.3, -0.25) is 5.32 Å². The lowest BCUT2D eigenvalue weighted by Gasteiger charge is -2.30. The molecule has 0 bridgehead atoms. The van der Waals surface area contributed by atoms with E-state index in [4.69, 9.17) is 4.74 Å². The summed E-state index contributed by atoms with van der Waals surface area (Å²) in [5, 5.41) is 3.46. The Kier molecular flexibility index (Phi) is 2.44. The van der Waals surface area contributed by atoms with Gasteiger partial charge in [0.05, 0.1) is 0 Å². The normalized spacial score (nSPS) is 39.3. The van der Waals surface area contributed by atoms with E-state index < -0.39 is 0 Å². The molecule has 0 aromatic rings. The summed E-state index contributed by atoms with van der Waals surface area (Å²) >= 11 is 0. The summed E-state index contributed by atoms with van der Waals surface area (Å²) in [4.78, 5) is 0. The van der Waals surface area contributed by atoms with Crippen LogP contribution in [0.3, 0.4) is 0 Å². The maximum Gasteiger partial charge on any atom is 0.110 e. The Hall–Kier alpha value is -0.0800. The Labute approximate surface area is 68.3 Å². The standard InChI is InChI=1S/C9H17NO/c1-2-6-10-9-8(4-1)5-3-7-11-9/h8-10H,1-7H2. The van der Waals surface area contributed by atoms with Crippen molar-refractivity contribution < 1.29 is 4.74 Å². The van der Waals surface area contributed by atoms with Crippen LogP contribution in [0.25, 0.3) is 0 Å². The Morgan fingerprint density at radius 3 is 3.00 bits per heavy atom. The minimum absolute atomic E-state index is 0.395. The molecule has 0 radical (unpaired) electrons. The molecule has 2 aliphatic heterocycles. The first-order chi connectivity index (χ1) is 5.47. The minimum Gasteiger partial charge on any atom is -0.363 e. The molecule has 0 aromatic carbocycles. The lowest BCUT2D eigenvalue weighted by Crippen LogP contribution is -2.40. The van der Waals surface area contributed by atoms with Crippen LogP contribution in [-0.2, 0) is 4.74 Å². The second kappa shape index (κ2) is 3.55. The van der Waals surface area contributed by atoms with E-state index in [1.165, 1.54) is 32.1 Å². The lowest BCUT2D eigenvalue weighted by atomic mass is 9.95. The zero-order chi connectivity index (χ0) is 7.52. The van der Waals surface area contributed by atoms with Crippen molar-refractivity contribution in [2.75, 3.05) is 13.2 Å². The molecule has 2 saturated heterocycles. The number of nitrogens with one attached hydrogen (secondary N) is 1. The van der Waals surface area contributed by atoms with Gasteiger partial charge in [0.2, 0.25) is 0 Å². The van der Waals surface area contributed by atoms with Crippen molar-refractivity contribution in [2.24, 2.45) is 5.92 Å². The van der Waals surface area contributed by atoms with E-state index in [0.717, 1.165) is 19.1 Å². The van der Waals surface area contributed by atoms with Crippen LogP contribution in [0.1, 0.15) is 32.1 Å². The summed E-state index contributed by atoms with van der Waals surface area (Å²) in [6, 6.07) is 0. The summed E-state index contributed by atoms with van der Waals surface area (Å²) in [5.41, 5.74) is 0. The highest BCUT2D eigenvalue weighted by Crippen LogP contribution is 2.25. The van der Waals surface area contributed by atoms with Gasteiger partial charge in [-0.2, -0.15) is 0 Å². The molecule has 0 amide bonds. The maximum absolute atomic E-state index is 5.65. The monoisotopic (exact) mass is 155 g/mol. The minimum atomic E-state index is 0.395. The van der Waals surface area contributed by atoms with Gasteiger partial charge in [-0.15, -0.1) is 0 Å². The molecule has 2 atom stereocenters. The summed E-state index contributed by atoms with van der Waals surface area (Å²) < 4.78 is 5.65. The van der Waals surface area contributed by atoms with Crippen molar-refractivity contribution in [2.45, 2.75) is 38.3 Å². The van der Waals surface area contributed by atoms with Gasteiger partial charge in [0.1, 0.15) is 6.23 Å². The van der Waals surface area contributed by atoms with Gasteiger partial charge in [0, 0.05) is 6.61 Å². The van der Waals surface area contributed by atoms with Gasteiger partial charge in [-0.25, -0.2) is 0 Å². The molecule has 0 spiro atoms. The molecule has 11 heavy (non-hydrogen) atoms. The first kappa shape index (κ1) is 7.56. The second-order valence-corrected chi connectivity index (χ2v) is 3.64. The van der Waals surface area contributed by atoms with E-state index in [1.807, 2.05) is 0 Å². The van der Waals surface area contributed by atoms with E-state index in [0.29, 0.717) is 6.23 Å². The summed E-state index contributed by atoms with van der Waals surface area (Å²) in [6.07, 6.45) is 7.12. The fourth-order valence-corrected chi connectivity index (χ4v) is 2.14. The van der Waals surface area contributed by atoms with Crippen LogP contribution in [-0.4, -0.2) is 19.4 Å². The average Bonchev–Trinajstić information content (AvgIpc) is 2.28. The molecule has 2 heterocycles. The summed E-state index contributed by atoms with van der Waals surface area (Å²) in [7, 11) is 0. The zero-order valence-electron chi connectivity index (χ0n) is 7.01. The Morgan fingerprint density at radius 2 is 2.00 bits per heavy atom. The SMILES string of the molecule is C1CCC2CCCOC2NC1. The summed E-state index contributed by atoms with van der Waals surface area (Å²) in [5.74, 6) is 0.811. The maximum atomic E-state index is 5.65. The molecular formula is C9H17NO. The molecule has 1 N–H and O–H groups in total. The van der Waals surface area contributed by atoms with Crippen molar-refractivity contribution in [3.05, 3.63) is 0 Å². The van der Waals surface area contributed by atoms with Gasteiger partial charge >= 0.3 is 0 Å². The van der Waals surface area contributed by atoms with Crippen molar-refractivity contribution in [1.29, 1.82) is 0 Å². The third kappa shape index (κ3) is 1.74. The van der Waals surface area contributed by atoms with Crippen molar-refractivity contribution >= 4 is 0 Å². The van der Waals surface area contributed by atoms with Gasteiger partial charge in [0.15, 0.2) is 0 Å². The highest BCUT2D eigenvalue weighted by Gasteiger charge is 2.26. The van der Waals surface area contributed by atoms with E-state index in [9.17, 15) is 0 Å². The zero-order valence-corrected chi connectivity index (χ0v) is 7.01. The lowest BCUT2D eigenvalue weighted by molar-refractivity contribution is -0.0435. The van der Waals surface area contributed by atoms with E-state index in [1.54, 1.807) is 0 Å². The molecule has 2 aliphatic rings. The predicted octanol–water partition coefficient (Wildman–Crippen LogP) is 1.51. The highest BCUT2D eigenvalue weighted by atomic mass is 16.5. The Balaban J connectivity index is 1.93. The molecule has 0 aromatic heterocycles. The number of fused-ring (bicyclic) bond motifs is 1. The smallest absolute Gasteiger partial charge is 0.110 e. The molecule has 64 valence electrons. The molecule has 0 aliphatic carbocycles. The Morgan fingerprint density at radius 1 is 1.09 bits per heavy atom. The number of hydrogen-bond donors (Lipinski definition) is 1. The van der Waals surface area contributed by atoms with Crippen LogP contribution >= 0.6 is 0 Å². The molecule has 0 saturated carbocycles. The molecule has 2 heteroatoms. The molecule has 2 rings (SSSR count). The number of ether oxygens (including phenoxy) is 1. The third-order valence-corrected chi connectivity index (χ3v) is 2.79. The van der Waals surface area contributed by atoms with Crippen LogP contribution in [0, 0.1) is 5.92 Å². The van der Waals surface area contributed by atoms with Crippen LogP contribution in [0.2, 0.25) is 0 Å². The van der Waals surface area contributed by atoms with E-state index in [-0.39, 0.29) is 0 Å². The van der Waals surface area contributed by atoms with E-state index in [2.05, 4.69) is 5.32 Å². The first-order valence-corrected chi connectivity index (χ1v) is 4.82. The number of rotatable bonds is 0. The van der Waals surface area contributed by atoms with Gasteiger partial charge < -0.3 is 4.74 Å². The predicted molar refractivity (Wildman–Crippen MR) is 44.3 cm³/mol. The first-order valence-electron chi connectivity index (χ1n) is 4.82.